The van der Waals surface area contributed by atoms with Crippen molar-refractivity contribution in [2.75, 3.05) is 18.6 Å². The first-order chi connectivity index (χ1) is 16.7. The van der Waals surface area contributed by atoms with Gasteiger partial charge in [-0.2, -0.15) is 9.89 Å². The molecular formula is C25H24BrClN4O4. The lowest BCUT2D eigenvalue weighted by Crippen LogP contribution is -2.29. The lowest BCUT2D eigenvalue weighted by molar-refractivity contribution is -0.119. The highest BCUT2D eigenvalue weighted by molar-refractivity contribution is 9.10. The van der Waals surface area contributed by atoms with E-state index in [2.05, 4.69) is 26.5 Å². The van der Waals surface area contributed by atoms with E-state index in [0.29, 0.717) is 31.9 Å². The van der Waals surface area contributed by atoms with Crippen LogP contribution in [0.3, 0.4) is 0 Å². The van der Waals surface area contributed by atoms with Crippen LogP contribution in [0, 0.1) is 20.8 Å². The third-order valence-corrected chi connectivity index (χ3v) is 6.29. The number of amides is 1. The molecule has 4 aromatic rings. The van der Waals surface area contributed by atoms with Gasteiger partial charge in [0.1, 0.15) is 5.75 Å². The highest BCUT2D eigenvalue weighted by Crippen LogP contribution is 2.37. The molecule has 0 fully saturated rings. The van der Waals surface area contributed by atoms with Gasteiger partial charge in [0.15, 0.2) is 6.61 Å². The van der Waals surface area contributed by atoms with Crippen LogP contribution in [0.25, 0.3) is 16.6 Å². The number of aromatic nitrogens is 3. The van der Waals surface area contributed by atoms with E-state index in [0.717, 1.165) is 22.6 Å². The molecule has 0 aliphatic heterocycles. The molecule has 35 heavy (non-hydrogen) atoms. The van der Waals surface area contributed by atoms with Crippen molar-refractivity contribution in [3.8, 4) is 11.4 Å². The van der Waals surface area contributed by atoms with E-state index in [4.69, 9.17) is 21.1 Å². The largest absolute Gasteiger partial charge is 0.482 e. The molecule has 0 radical (unpaired) electrons. The first-order valence-corrected chi connectivity index (χ1v) is 12.1. The average Bonchev–Trinajstić information content (AvgIpc) is 3.26. The molecular weight excluding hydrogens is 536 g/mol. The molecule has 0 bridgehead atoms. The lowest BCUT2D eigenvalue weighted by Gasteiger charge is -2.12. The van der Waals surface area contributed by atoms with Gasteiger partial charge in [0.2, 0.25) is 0 Å². The van der Waals surface area contributed by atoms with Crippen LogP contribution < -0.4 is 10.2 Å². The van der Waals surface area contributed by atoms with Crippen LogP contribution in [0.4, 0.5) is 0 Å². The van der Waals surface area contributed by atoms with Gasteiger partial charge < -0.3 is 14.0 Å². The number of carbonyl (C=O) groups excluding carboxylic acids is 2. The Kier molecular flexibility index (Phi) is 7.18. The van der Waals surface area contributed by atoms with E-state index >= 15 is 0 Å². The highest BCUT2D eigenvalue weighted by Gasteiger charge is 2.24. The van der Waals surface area contributed by atoms with E-state index in [1.165, 1.54) is 4.79 Å². The zero-order valence-electron chi connectivity index (χ0n) is 19.7. The maximum absolute atomic E-state index is 12.9. The zero-order valence-corrected chi connectivity index (χ0v) is 22.0. The van der Waals surface area contributed by atoms with Crippen LogP contribution in [0.15, 0.2) is 46.9 Å². The number of esters is 1. The molecule has 1 N–H and O–H groups in total. The number of nitrogens with zero attached hydrogens (tertiary/aromatic N) is 3. The number of benzene rings is 2. The second-order valence-electron chi connectivity index (χ2n) is 7.96. The number of halogens is 2. The van der Waals surface area contributed by atoms with Crippen molar-refractivity contribution in [1.82, 2.24) is 14.5 Å². The van der Waals surface area contributed by atoms with E-state index < -0.39 is 5.97 Å². The first-order valence-electron chi connectivity index (χ1n) is 10.9. The predicted molar refractivity (Wildman–Crippen MR) is 138 cm³/mol. The monoisotopic (exact) mass is 558 g/mol. The summed E-state index contributed by atoms with van der Waals surface area (Å²) >= 11 is 9.62. The van der Waals surface area contributed by atoms with Crippen molar-refractivity contribution in [3.63, 3.8) is 0 Å². The number of hydrogen-bond donors (Lipinski definition) is 1. The Labute approximate surface area is 215 Å². The van der Waals surface area contributed by atoms with Gasteiger partial charge in [0, 0.05) is 21.8 Å². The summed E-state index contributed by atoms with van der Waals surface area (Å²) in [6.45, 7) is 7.32. The first kappa shape index (κ1) is 24.8. The summed E-state index contributed by atoms with van der Waals surface area (Å²) in [6.07, 6.45) is 0. The third-order valence-electron chi connectivity index (χ3n) is 5.42. The topological polar surface area (TPSA) is 87.4 Å². The summed E-state index contributed by atoms with van der Waals surface area (Å²) in [5.41, 5.74) is 7.05. The number of rotatable bonds is 7. The normalized spacial score (nSPS) is 11.0. The lowest BCUT2D eigenvalue weighted by atomic mass is 10.1. The molecule has 182 valence electrons. The van der Waals surface area contributed by atoms with Crippen molar-refractivity contribution in [3.05, 3.63) is 74.6 Å². The molecule has 10 heteroatoms. The van der Waals surface area contributed by atoms with Gasteiger partial charge in [0.05, 0.1) is 33.5 Å². The van der Waals surface area contributed by atoms with Crippen molar-refractivity contribution in [2.45, 2.75) is 27.7 Å². The summed E-state index contributed by atoms with van der Waals surface area (Å²) in [6, 6.07) is 12.8. The van der Waals surface area contributed by atoms with Crippen LogP contribution in [0.2, 0.25) is 5.02 Å². The standard InChI is InChI=1S/C25H24BrClN4O4/c1-5-34-25(33)24-16(4)30(18-8-6-17(27)7-9-18)21-12-20(26)22(11-19(21)24)35-13-23(32)29-31-15(3)10-14(2)28-31/h6-12H,5,13H2,1-4H3,(H,29,32). The fourth-order valence-electron chi connectivity index (χ4n) is 3.95. The van der Waals surface area contributed by atoms with Crippen LogP contribution >= 0.6 is 27.5 Å². The molecule has 0 saturated carbocycles. The second-order valence-corrected chi connectivity index (χ2v) is 9.25. The third kappa shape index (κ3) is 5.06. The Bertz CT molecular complexity index is 1430. The molecule has 0 aliphatic carbocycles. The van der Waals surface area contributed by atoms with E-state index in [9.17, 15) is 9.59 Å². The van der Waals surface area contributed by atoms with Crippen molar-refractivity contribution in [1.29, 1.82) is 0 Å². The molecule has 0 unspecified atom stereocenters. The predicted octanol–water partition coefficient (Wildman–Crippen LogP) is 5.49. The van der Waals surface area contributed by atoms with E-state index in [-0.39, 0.29) is 19.1 Å². The molecule has 8 nitrogen and oxygen atoms in total. The number of carbonyl (C=O) groups is 2. The molecule has 2 aromatic heterocycles. The van der Waals surface area contributed by atoms with Gasteiger partial charge in [-0.15, -0.1) is 0 Å². The molecule has 1 amide bonds. The molecule has 0 spiro atoms. The molecule has 0 saturated heterocycles. The van der Waals surface area contributed by atoms with Crippen LogP contribution in [0.5, 0.6) is 5.75 Å². The summed E-state index contributed by atoms with van der Waals surface area (Å²) in [5, 5.41) is 5.48. The number of hydrogen-bond acceptors (Lipinski definition) is 5. The molecule has 4 rings (SSSR count). The Morgan fingerprint density at radius 1 is 1.11 bits per heavy atom. The minimum Gasteiger partial charge on any atom is -0.482 e. The summed E-state index contributed by atoms with van der Waals surface area (Å²) < 4.78 is 13.7. The van der Waals surface area contributed by atoms with E-state index in [1.54, 1.807) is 25.1 Å². The van der Waals surface area contributed by atoms with Gasteiger partial charge in [0.25, 0.3) is 5.91 Å². The fraction of sp³-hybridized carbons (Fsp3) is 0.240. The fourth-order valence-corrected chi connectivity index (χ4v) is 4.52. The quantitative estimate of drug-likeness (QED) is 0.302. The number of ether oxygens (including phenoxy) is 2. The summed E-state index contributed by atoms with van der Waals surface area (Å²) in [4.78, 5) is 26.8. The van der Waals surface area contributed by atoms with Crippen LogP contribution in [-0.4, -0.2) is 39.5 Å². The van der Waals surface area contributed by atoms with Gasteiger partial charge in [-0.3, -0.25) is 4.79 Å². The summed E-state index contributed by atoms with van der Waals surface area (Å²) in [7, 11) is 0. The van der Waals surface area contributed by atoms with Gasteiger partial charge in [-0.1, -0.05) is 11.6 Å². The Balaban J connectivity index is 1.71. The Morgan fingerprint density at radius 3 is 2.46 bits per heavy atom. The average molecular weight is 560 g/mol. The number of nitrogens with one attached hydrogen (secondary N) is 1. The number of aryl methyl sites for hydroxylation is 2. The maximum atomic E-state index is 12.9. The molecule has 0 atom stereocenters. The Hall–Kier alpha value is -3.30. The molecule has 2 heterocycles. The number of fused-ring (bicyclic) bond motifs is 1. The van der Waals surface area contributed by atoms with Gasteiger partial charge in [-0.05, 0) is 86.1 Å². The van der Waals surface area contributed by atoms with Crippen LogP contribution in [-0.2, 0) is 9.53 Å². The smallest absolute Gasteiger partial charge is 0.340 e. The van der Waals surface area contributed by atoms with Crippen molar-refractivity contribution in [2.24, 2.45) is 0 Å². The van der Waals surface area contributed by atoms with Gasteiger partial charge in [-0.25, -0.2) is 10.2 Å². The second kappa shape index (κ2) is 10.1. The highest BCUT2D eigenvalue weighted by atomic mass is 79.9. The SMILES string of the molecule is CCOC(=O)c1c(C)n(-c2ccc(Cl)cc2)c2cc(Br)c(OCC(=O)Nn3nc(C)cc3C)cc12. The van der Waals surface area contributed by atoms with Gasteiger partial charge >= 0.3 is 5.97 Å². The molecule has 2 aromatic carbocycles. The molecule has 0 aliphatic rings. The maximum Gasteiger partial charge on any atom is 0.340 e. The van der Waals surface area contributed by atoms with Crippen LogP contribution in [0.1, 0.15) is 34.4 Å². The van der Waals surface area contributed by atoms with Crippen molar-refractivity contribution >= 4 is 50.3 Å². The minimum absolute atomic E-state index is 0.242. The van der Waals surface area contributed by atoms with E-state index in [1.807, 2.05) is 49.6 Å². The summed E-state index contributed by atoms with van der Waals surface area (Å²) in [5.74, 6) is -0.387. The minimum atomic E-state index is -0.432. The van der Waals surface area contributed by atoms with Crippen molar-refractivity contribution < 1.29 is 19.1 Å². The zero-order chi connectivity index (χ0) is 25.3. The Morgan fingerprint density at radius 2 is 1.83 bits per heavy atom.